The van der Waals surface area contributed by atoms with E-state index >= 15 is 0 Å². The average molecular weight is 423 g/mol. The number of primary amides is 1. The summed E-state index contributed by atoms with van der Waals surface area (Å²) in [5.74, 6) is -2.66. The van der Waals surface area contributed by atoms with Gasteiger partial charge in [-0.1, -0.05) is 12.1 Å². The molecule has 1 fully saturated rings. The minimum absolute atomic E-state index is 0.158. The molecule has 0 aromatic heterocycles. The number of likely N-dealkylation sites (tertiary alicyclic amines) is 1. The Morgan fingerprint density at radius 1 is 1.13 bits per heavy atom. The van der Waals surface area contributed by atoms with Crippen molar-refractivity contribution in [1.29, 1.82) is 0 Å². The zero-order chi connectivity index (χ0) is 21.9. The number of hydrogen-bond acceptors (Lipinski definition) is 3. The van der Waals surface area contributed by atoms with Crippen molar-refractivity contribution >= 4 is 17.5 Å². The van der Waals surface area contributed by atoms with Crippen LogP contribution in [0.15, 0.2) is 42.5 Å². The van der Waals surface area contributed by atoms with Crippen LogP contribution in [-0.2, 0) is 17.5 Å². The maximum Gasteiger partial charge on any atom is 0.419 e. The van der Waals surface area contributed by atoms with E-state index in [4.69, 9.17) is 5.73 Å². The first-order valence-electron chi connectivity index (χ1n) is 9.42. The van der Waals surface area contributed by atoms with Gasteiger partial charge in [-0.3, -0.25) is 14.5 Å². The Hall–Kier alpha value is -2.94. The Morgan fingerprint density at radius 2 is 1.83 bits per heavy atom. The molecule has 0 radical (unpaired) electrons. The second-order valence-corrected chi connectivity index (χ2v) is 7.32. The van der Waals surface area contributed by atoms with Crippen LogP contribution in [0.2, 0.25) is 0 Å². The Morgan fingerprint density at radius 3 is 2.47 bits per heavy atom. The van der Waals surface area contributed by atoms with Crippen molar-refractivity contribution in [3.8, 4) is 0 Å². The predicted octanol–water partition coefficient (Wildman–Crippen LogP) is 3.79. The lowest BCUT2D eigenvalue weighted by Crippen LogP contribution is -2.40. The first-order chi connectivity index (χ1) is 14.1. The fourth-order valence-electron chi connectivity index (χ4n) is 3.47. The third-order valence-electron chi connectivity index (χ3n) is 5.06. The molecule has 1 heterocycles. The average Bonchev–Trinajstić information content (AvgIpc) is 2.69. The molecular weight excluding hydrogens is 402 g/mol. The minimum atomic E-state index is -4.88. The molecule has 2 amide bonds. The Labute approximate surface area is 170 Å². The Balaban J connectivity index is 1.63. The maximum absolute atomic E-state index is 13.4. The minimum Gasteiger partial charge on any atom is -0.369 e. The molecule has 0 bridgehead atoms. The van der Waals surface area contributed by atoms with Gasteiger partial charge in [-0.05, 0) is 55.3 Å². The number of nitrogens with one attached hydrogen (secondary N) is 1. The zero-order valence-corrected chi connectivity index (χ0v) is 16.0. The zero-order valence-electron chi connectivity index (χ0n) is 16.0. The molecule has 1 atom stereocenters. The molecular formula is C21H21F4N3O2. The summed E-state index contributed by atoms with van der Waals surface area (Å²) < 4.78 is 51.8. The molecule has 5 nitrogen and oxygen atoms in total. The first kappa shape index (κ1) is 21.8. The fraction of sp³-hybridized carbons (Fsp3) is 0.333. The van der Waals surface area contributed by atoms with Gasteiger partial charge < -0.3 is 11.1 Å². The molecule has 3 N–H and O–H groups in total. The highest BCUT2D eigenvalue weighted by Crippen LogP contribution is 2.32. The summed E-state index contributed by atoms with van der Waals surface area (Å²) in [5.41, 5.74) is 4.97. The number of nitrogens with zero attached hydrogens (tertiary/aromatic N) is 1. The predicted molar refractivity (Wildman–Crippen MR) is 103 cm³/mol. The molecule has 0 spiro atoms. The highest BCUT2D eigenvalue weighted by molar-refractivity contribution is 6.04. The molecule has 2 aromatic carbocycles. The van der Waals surface area contributed by atoms with E-state index in [-0.39, 0.29) is 17.4 Å². The number of hydrogen-bond donors (Lipinski definition) is 2. The summed E-state index contributed by atoms with van der Waals surface area (Å²) in [6, 6.07) is 8.96. The van der Waals surface area contributed by atoms with E-state index in [9.17, 15) is 27.2 Å². The van der Waals surface area contributed by atoms with Gasteiger partial charge in [0.1, 0.15) is 5.82 Å². The van der Waals surface area contributed by atoms with Gasteiger partial charge in [0.2, 0.25) is 5.91 Å². The number of alkyl halides is 3. The number of nitrogens with two attached hydrogens (primary N) is 1. The van der Waals surface area contributed by atoms with E-state index in [2.05, 4.69) is 10.2 Å². The molecule has 0 aliphatic carbocycles. The topological polar surface area (TPSA) is 75.4 Å². The van der Waals surface area contributed by atoms with E-state index in [0.717, 1.165) is 31.0 Å². The van der Waals surface area contributed by atoms with Crippen LogP contribution in [0.25, 0.3) is 0 Å². The number of anilines is 1. The van der Waals surface area contributed by atoms with E-state index in [1.807, 2.05) is 0 Å². The van der Waals surface area contributed by atoms with Crippen molar-refractivity contribution in [3.05, 3.63) is 65.0 Å². The number of amides is 2. The lowest BCUT2D eigenvalue weighted by molar-refractivity contribution is -0.140. The van der Waals surface area contributed by atoms with E-state index in [1.165, 1.54) is 0 Å². The molecule has 2 aromatic rings. The molecule has 1 aliphatic heterocycles. The van der Waals surface area contributed by atoms with Crippen molar-refractivity contribution in [2.24, 2.45) is 11.7 Å². The molecule has 1 unspecified atom stereocenters. The van der Waals surface area contributed by atoms with Crippen LogP contribution in [0.1, 0.15) is 34.3 Å². The highest BCUT2D eigenvalue weighted by Gasteiger charge is 2.34. The van der Waals surface area contributed by atoms with Crippen LogP contribution >= 0.6 is 0 Å². The lowest BCUT2D eigenvalue weighted by Gasteiger charge is -2.31. The van der Waals surface area contributed by atoms with Crippen molar-refractivity contribution in [1.82, 2.24) is 4.90 Å². The van der Waals surface area contributed by atoms with Gasteiger partial charge in [-0.2, -0.15) is 13.2 Å². The van der Waals surface area contributed by atoms with Gasteiger partial charge >= 0.3 is 6.18 Å². The SMILES string of the molecule is NC(=O)C1CCCN(Cc2ccc(NC(=O)c3ccc(F)c(C(F)(F)F)c3)cc2)C1. The normalized spacial score (nSPS) is 17.5. The molecule has 3 rings (SSSR count). The van der Waals surface area contributed by atoms with Gasteiger partial charge in [0.15, 0.2) is 0 Å². The standard InChI is InChI=1S/C21H21F4N3O2/c22-18-8-5-14(10-17(18)21(23,24)25)20(30)27-16-6-3-13(4-7-16)11-28-9-1-2-15(12-28)19(26)29/h3-8,10,15H,1-2,9,11-12H2,(H2,26,29)(H,27,30). The molecule has 1 aliphatic rings. The Bertz CT molecular complexity index is 929. The third kappa shape index (κ3) is 5.35. The maximum atomic E-state index is 13.4. The van der Waals surface area contributed by atoms with Gasteiger partial charge in [0, 0.05) is 24.3 Å². The van der Waals surface area contributed by atoms with E-state index in [1.54, 1.807) is 24.3 Å². The summed E-state index contributed by atoms with van der Waals surface area (Å²) in [6.45, 7) is 2.07. The largest absolute Gasteiger partial charge is 0.419 e. The molecule has 0 saturated carbocycles. The van der Waals surface area contributed by atoms with Gasteiger partial charge in [-0.25, -0.2) is 4.39 Å². The quantitative estimate of drug-likeness (QED) is 0.719. The van der Waals surface area contributed by atoms with E-state index in [0.29, 0.717) is 30.9 Å². The lowest BCUT2D eigenvalue weighted by atomic mass is 9.97. The van der Waals surface area contributed by atoms with Gasteiger partial charge in [0.05, 0.1) is 11.5 Å². The number of halogens is 4. The summed E-state index contributed by atoms with van der Waals surface area (Å²) in [6.07, 6.45) is -3.21. The number of piperidine rings is 1. The van der Waals surface area contributed by atoms with Gasteiger partial charge in [-0.15, -0.1) is 0 Å². The summed E-state index contributed by atoms with van der Waals surface area (Å²) in [5, 5.41) is 2.51. The Kier molecular flexibility index (Phi) is 6.40. The molecule has 1 saturated heterocycles. The van der Waals surface area contributed by atoms with Crippen LogP contribution in [0, 0.1) is 11.7 Å². The summed E-state index contributed by atoms with van der Waals surface area (Å²) in [4.78, 5) is 25.8. The second-order valence-electron chi connectivity index (χ2n) is 7.32. The van der Waals surface area contributed by atoms with Crippen molar-refractivity contribution in [3.63, 3.8) is 0 Å². The van der Waals surface area contributed by atoms with Crippen molar-refractivity contribution in [2.45, 2.75) is 25.6 Å². The number of benzene rings is 2. The molecule has 30 heavy (non-hydrogen) atoms. The monoisotopic (exact) mass is 423 g/mol. The van der Waals surface area contributed by atoms with Crippen LogP contribution < -0.4 is 11.1 Å². The van der Waals surface area contributed by atoms with Crippen LogP contribution in [0.5, 0.6) is 0 Å². The van der Waals surface area contributed by atoms with Crippen molar-refractivity contribution < 1.29 is 27.2 Å². The van der Waals surface area contributed by atoms with Crippen LogP contribution in [-0.4, -0.2) is 29.8 Å². The van der Waals surface area contributed by atoms with Crippen LogP contribution in [0.3, 0.4) is 0 Å². The molecule has 160 valence electrons. The molecule has 9 heteroatoms. The third-order valence-corrected chi connectivity index (χ3v) is 5.06. The van der Waals surface area contributed by atoms with Gasteiger partial charge in [0.25, 0.3) is 5.91 Å². The summed E-state index contributed by atoms with van der Waals surface area (Å²) in [7, 11) is 0. The van der Waals surface area contributed by atoms with Crippen LogP contribution in [0.4, 0.5) is 23.2 Å². The fourth-order valence-corrected chi connectivity index (χ4v) is 3.47. The number of rotatable bonds is 5. The smallest absolute Gasteiger partial charge is 0.369 e. The second kappa shape index (κ2) is 8.83. The number of carbonyl (C=O) groups is 2. The van der Waals surface area contributed by atoms with Crippen molar-refractivity contribution in [2.75, 3.05) is 18.4 Å². The first-order valence-corrected chi connectivity index (χ1v) is 9.42. The summed E-state index contributed by atoms with van der Waals surface area (Å²) >= 11 is 0. The highest BCUT2D eigenvalue weighted by atomic mass is 19.4. The van der Waals surface area contributed by atoms with E-state index < -0.39 is 23.5 Å². The number of carbonyl (C=O) groups excluding carboxylic acids is 2.